The molecular weight excluding hydrogens is 291 g/mol. The second-order valence-electron chi connectivity index (χ2n) is 5.10. The number of halogens is 1. The summed E-state index contributed by atoms with van der Waals surface area (Å²) in [5, 5.41) is 16.4. The molecule has 2 aromatic carbocycles. The first-order valence-corrected chi connectivity index (χ1v) is 7.24. The lowest BCUT2D eigenvalue weighted by Gasteiger charge is -2.13. The highest BCUT2D eigenvalue weighted by molar-refractivity contribution is 5.58. The molecular formula is C18H15FN4. The molecule has 1 aromatic heterocycles. The maximum absolute atomic E-state index is 13.6. The van der Waals surface area contributed by atoms with E-state index in [9.17, 15) is 4.39 Å². The van der Waals surface area contributed by atoms with Gasteiger partial charge in [-0.3, -0.25) is 4.68 Å². The van der Waals surface area contributed by atoms with Gasteiger partial charge < -0.3 is 5.32 Å². The molecule has 1 heterocycles. The molecule has 114 valence electrons. The molecule has 4 nitrogen and oxygen atoms in total. The van der Waals surface area contributed by atoms with Gasteiger partial charge in [-0.1, -0.05) is 30.3 Å². The van der Waals surface area contributed by atoms with E-state index in [0.29, 0.717) is 18.8 Å². The molecule has 0 saturated carbocycles. The van der Waals surface area contributed by atoms with E-state index >= 15 is 0 Å². The summed E-state index contributed by atoms with van der Waals surface area (Å²) in [6.07, 6.45) is 3.65. The summed E-state index contributed by atoms with van der Waals surface area (Å²) in [5.74, 6) is -0.512. The molecule has 0 aliphatic heterocycles. The van der Waals surface area contributed by atoms with Crippen LogP contribution in [0.2, 0.25) is 0 Å². The van der Waals surface area contributed by atoms with E-state index in [2.05, 4.69) is 10.4 Å². The molecule has 0 atom stereocenters. The summed E-state index contributed by atoms with van der Waals surface area (Å²) in [5.41, 5.74) is 2.74. The molecule has 0 aliphatic carbocycles. The number of hydrogen-bond donors (Lipinski definition) is 1. The largest absolute Gasteiger partial charge is 0.380 e. The third kappa shape index (κ3) is 3.38. The predicted octanol–water partition coefficient (Wildman–Crippen LogP) is 3.55. The van der Waals surface area contributed by atoms with Crippen LogP contribution in [0.1, 0.15) is 16.7 Å². The van der Waals surface area contributed by atoms with E-state index in [1.165, 1.54) is 6.07 Å². The highest BCUT2D eigenvalue weighted by Crippen LogP contribution is 2.19. The Bertz CT molecular complexity index is 834. The predicted molar refractivity (Wildman–Crippen MR) is 86.2 cm³/mol. The van der Waals surface area contributed by atoms with Crippen LogP contribution in [0.15, 0.2) is 60.9 Å². The summed E-state index contributed by atoms with van der Waals surface area (Å²) in [6.45, 7) is 1.18. The third-order valence-corrected chi connectivity index (χ3v) is 3.60. The summed E-state index contributed by atoms with van der Waals surface area (Å²) in [7, 11) is 0. The summed E-state index contributed by atoms with van der Waals surface area (Å²) in [6, 6.07) is 16.4. The number of aromatic nitrogens is 2. The lowest BCUT2D eigenvalue weighted by molar-refractivity contribution is 0.624. The Labute approximate surface area is 133 Å². The molecule has 0 aliphatic rings. The zero-order valence-electron chi connectivity index (χ0n) is 12.4. The molecule has 0 radical (unpaired) electrons. The highest BCUT2D eigenvalue weighted by atomic mass is 19.1. The van der Waals surface area contributed by atoms with E-state index in [-0.39, 0.29) is 5.56 Å². The van der Waals surface area contributed by atoms with Crippen LogP contribution in [-0.2, 0) is 13.1 Å². The van der Waals surface area contributed by atoms with Crippen LogP contribution in [0.3, 0.4) is 0 Å². The topological polar surface area (TPSA) is 53.6 Å². The van der Waals surface area contributed by atoms with Crippen molar-refractivity contribution >= 4 is 5.69 Å². The van der Waals surface area contributed by atoms with Crippen molar-refractivity contribution in [1.29, 1.82) is 5.26 Å². The Kier molecular flexibility index (Phi) is 4.34. The van der Waals surface area contributed by atoms with E-state index < -0.39 is 5.82 Å². The Morgan fingerprint density at radius 3 is 2.65 bits per heavy atom. The van der Waals surface area contributed by atoms with Gasteiger partial charge in [-0.05, 0) is 29.3 Å². The minimum atomic E-state index is -0.512. The molecule has 3 rings (SSSR count). The number of rotatable bonds is 5. The number of nitriles is 1. The molecule has 0 unspecified atom stereocenters. The van der Waals surface area contributed by atoms with Crippen molar-refractivity contribution < 1.29 is 4.39 Å². The van der Waals surface area contributed by atoms with Crippen molar-refractivity contribution in [3.63, 3.8) is 0 Å². The van der Waals surface area contributed by atoms with Crippen LogP contribution >= 0.6 is 0 Å². The van der Waals surface area contributed by atoms with Gasteiger partial charge in [0.05, 0.1) is 12.2 Å². The SMILES string of the molecule is N#Cc1c(F)cccc1NCc1ccccc1Cn1cccn1. The van der Waals surface area contributed by atoms with Crippen LogP contribution in [0.5, 0.6) is 0 Å². The monoisotopic (exact) mass is 306 g/mol. The first-order chi connectivity index (χ1) is 11.3. The van der Waals surface area contributed by atoms with Gasteiger partial charge in [0.1, 0.15) is 17.4 Å². The van der Waals surface area contributed by atoms with Crippen molar-refractivity contribution in [3.05, 3.63) is 83.4 Å². The summed E-state index contributed by atoms with van der Waals surface area (Å²) in [4.78, 5) is 0. The fraction of sp³-hybridized carbons (Fsp3) is 0.111. The van der Waals surface area contributed by atoms with Gasteiger partial charge in [-0.25, -0.2) is 4.39 Å². The lowest BCUT2D eigenvalue weighted by atomic mass is 10.1. The smallest absolute Gasteiger partial charge is 0.143 e. The van der Waals surface area contributed by atoms with Crippen molar-refractivity contribution in [2.75, 3.05) is 5.32 Å². The fourth-order valence-electron chi connectivity index (χ4n) is 2.43. The molecule has 5 heteroatoms. The van der Waals surface area contributed by atoms with Gasteiger partial charge in [-0.15, -0.1) is 0 Å². The standard InChI is InChI=1S/C18H15FN4/c19-17-7-3-8-18(16(17)11-20)21-12-14-5-1-2-6-15(14)13-23-10-4-9-22-23/h1-10,21H,12-13H2. The number of nitrogens with one attached hydrogen (secondary N) is 1. The van der Waals surface area contributed by atoms with Crippen molar-refractivity contribution in [2.45, 2.75) is 13.1 Å². The van der Waals surface area contributed by atoms with Gasteiger partial charge in [-0.2, -0.15) is 10.4 Å². The van der Waals surface area contributed by atoms with Crippen molar-refractivity contribution in [2.24, 2.45) is 0 Å². The van der Waals surface area contributed by atoms with Crippen molar-refractivity contribution in [3.8, 4) is 6.07 Å². The van der Waals surface area contributed by atoms with Crippen LogP contribution in [0.25, 0.3) is 0 Å². The number of hydrogen-bond acceptors (Lipinski definition) is 3. The average Bonchev–Trinajstić information content (AvgIpc) is 3.07. The van der Waals surface area contributed by atoms with E-state index in [4.69, 9.17) is 5.26 Å². The normalized spacial score (nSPS) is 10.3. The Balaban J connectivity index is 1.79. The van der Waals surface area contributed by atoms with Gasteiger partial charge in [0, 0.05) is 18.9 Å². The van der Waals surface area contributed by atoms with Crippen LogP contribution < -0.4 is 5.32 Å². The zero-order valence-corrected chi connectivity index (χ0v) is 12.4. The first-order valence-electron chi connectivity index (χ1n) is 7.24. The van der Waals surface area contributed by atoms with Gasteiger partial charge >= 0.3 is 0 Å². The van der Waals surface area contributed by atoms with Gasteiger partial charge in [0.25, 0.3) is 0 Å². The van der Waals surface area contributed by atoms with Crippen molar-refractivity contribution in [1.82, 2.24) is 9.78 Å². The molecule has 0 saturated heterocycles. The minimum absolute atomic E-state index is 0.0389. The van der Waals surface area contributed by atoms with E-state index in [1.54, 1.807) is 18.3 Å². The molecule has 0 bridgehead atoms. The molecule has 1 N–H and O–H groups in total. The quantitative estimate of drug-likeness (QED) is 0.784. The van der Waals surface area contributed by atoms with Crippen LogP contribution in [-0.4, -0.2) is 9.78 Å². The zero-order chi connectivity index (χ0) is 16.1. The molecule has 0 fully saturated rings. The maximum atomic E-state index is 13.6. The minimum Gasteiger partial charge on any atom is -0.380 e. The van der Waals surface area contributed by atoms with Gasteiger partial charge in [0.2, 0.25) is 0 Å². The lowest BCUT2D eigenvalue weighted by Crippen LogP contribution is -2.08. The summed E-state index contributed by atoms with van der Waals surface area (Å²) < 4.78 is 15.5. The number of benzene rings is 2. The van der Waals surface area contributed by atoms with Gasteiger partial charge in [0.15, 0.2) is 0 Å². The molecule has 3 aromatic rings. The third-order valence-electron chi connectivity index (χ3n) is 3.60. The Morgan fingerprint density at radius 2 is 1.91 bits per heavy atom. The Morgan fingerprint density at radius 1 is 1.09 bits per heavy atom. The van der Waals surface area contributed by atoms with Crippen LogP contribution in [0.4, 0.5) is 10.1 Å². The average molecular weight is 306 g/mol. The second kappa shape index (κ2) is 6.75. The maximum Gasteiger partial charge on any atom is 0.143 e. The second-order valence-corrected chi connectivity index (χ2v) is 5.10. The summed E-state index contributed by atoms with van der Waals surface area (Å²) >= 11 is 0. The fourth-order valence-corrected chi connectivity index (χ4v) is 2.43. The molecule has 0 spiro atoms. The Hall–Kier alpha value is -3.13. The highest BCUT2D eigenvalue weighted by Gasteiger charge is 2.08. The molecule has 23 heavy (non-hydrogen) atoms. The van der Waals surface area contributed by atoms with E-state index in [1.807, 2.05) is 47.3 Å². The first kappa shape index (κ1) is 14.8. The van der Waals surface area contributed by atoms with Crippen LogP contribution in [0, 0.1) is 17.1 Å². The number of nitrogens with zero attached hydrogens (tertiary/aromatic N) is 3. The number of anilines is 1. The molecule has 0 amide bonds. The van der Waals surface area contributed by atoms with E-state index in [0.717, 1.165) is 11.1 Å².